The van der Waals surface area contributed by atoms with Crippen LogP contribution in [0.2, 0.25) is 11.1 Å². The summed E-state index contributed by atoms with van der Waals surface area (Å²) in [6, 6.07) is 0. The van der Waals surface area contributed by atoms with Crippen LogP contribution in [0.4, 0.5) is 0 Å². The fourth-order valence-corrected chi connectivity index (χ4v) is 6.68. The van der Waals surface area contributed by atoms with Gasteiger partial charge in [-0.25, -0.2) is 0 Å². The number of rotatable bonds is 5. The smallest absolute Gasteiger partial charge is 0.217 e. The van der Waals surface area contributed by atoms with Crippen molar-refractivity contribution in [3.8, 4) is 0 Å². The molecule has 0 amide bonds. The first-order valence-corrected chi connectivity index (χ1v) is 7.00. The Bertz CT molecular complexity index is 160. The Morgan fingerprint density at radius 2 is 1.62 bits per heavy atom. The van der Waals surface area contributed by atoms with Crippen LogP contribution in [0.15, 0.2) is 12.7 Å². The van der Waals surface area contributed by atoms with Crippen LogP contribution in [0, 0.1) is 0 Å². The molecule has 0 aliphatic carbocycles. The highest BCUT2D eigenvalue weighted by Crippen LogP contribution is 2.35. The minimum atomic E-state index is -1.87. The van der Waals surface area contributed by atoms with E-state index in [-0.39, 0.29) is 5.67 Å². The van der Waals surface area contributed by atoms with E-state index in [0.29, 0.717) is 11.1 Å². The molecule has 0 rings (SSSR count). The molecule has 1 unspecified atom stereocenters. The summed E-state index contributed by atoms with van der Waals surface area (Å²) in [5.41, 5.74) is 7.15. The predicted molar refractivity (Wildman–Crippen MR) is 61.1 cm³/mol. The molecule has 0 aliphatic rings. The minimum absolute atomic E-state index is 0.0255. The molecular formula is C10H23NOSi. The van der Waals surface area contributed by atoms with E-state index in [2.05, 4.69) is 34.3 Å². The van der Waals surface area contributed by atoms with E-state index < -0.39 is 8.32 Å². The Morgan fingerprint density at radius 3 is 1.69 bits per heavy atom. The van der Waals surface area contributed by atoms with Gasteiger partial charge in [-0.1, -0.05) is 33.8 Å². The average Bonchev–Trinajstić information content (AvgIpc) is 2.04. The second kappa shape index (κ2) is 4.93. The zero-order valence-electron chi connectivity index (χ0n) is 9.50. The highest BCUT2D eigenvalue weighted by molar-refractivity contribution is 6.78. The van der Waals surface area contributed by atoms with Crippen LogP contribution in [0.3, 0.4) is 0 Å². The third-order valence-electron chi connectivity index (χ3n) is 2.93. The first kappa shape index (κ1) is 12.9. The van der Waals surface area contributed by atoms with Crippen LogP contribution in [0.1, 0.15) is 27.7 Å². The fraction of sp³-hybridized carbons (Fsp3) is 0.800. The molecular weight excluding hydrogens is 178 g/mol. The second-order valence-corrected chi connectivity index (χ2v) is 9.22. The fourth-order valence-electron chi connectivity index (χ4n) is 2.23. The summed E-state index contributed by atoms with van der Waals surface area (Å²) >= 11 is 0. The predicted octanol–water partition coefficient (Wildman–Crippen LogP) is 2.45. The molecule has 0 fully saturated rings. The Labute approximate surface area is 83.3 Å². The zero-order valence-corrected chi connectivity index (χ0v) is 10.5. The van der Waals surface area contributed by atoms with Crippen LogP contribution < -0.4 is 5.73 Å². The quantitative estimate of drug-likeness (QED) is 0.548. The number of hydrogen-bond donors (Lipinski definition) is 1. The van der Waals surface area contributed by atoms with Crippen LogP contribution in [0.5, 0.6) is 0 Å². The summed E-state index contributed by atoms with van der Waals surface area (Å²) in [6.45, 7) is 12.5. The first-order chi connectivity index (χ1) is 5.93. The zero-order chi connectivity index (χ0) is 10.6. The van der Waals surface area contributed by atoms with Crippen molar-refractivity contribution in [2.75, 3.05) is 7.11 Å². The van der Waals surface area contributed by atoms with Crippen molar-refractivity contribution in [3.05, 3.63) is 12.7 Å². The summed E-state index contributed by atoms with van der Waals surface area (Å²) < 4.78 is 5.76. The van der Waals surface area contributed by atoms with E-state index in [4.69, 9.17) is 10.2 Å². The van der Waals surface area contributed by atoms with Gasteiger partial charge in [0.25, 0.3) is 0 Å². The molecule has 3 heteroatoms. The molecule has 0 aromatic heterocycles. The molecule has 0 aromatic carbocycles. The summed E-state index contributed by atoms with van der Waals surface area (Å²) in [4.78, 5) is 0. The molecule has 0 aromatic rings. The van der Waals surface area contributed by atoms with Crippen LogP contribution >= 0.6 is 0 Å². The largest absolute Gasteiger partial charge is 0.418 e. The van der Waals surface area contributed by atoms with E-state index in [1.807, 2.05) is 6.08 Å². The molecule has 0 bridgehead atoms. The topological polar surface area (TPSA) is 35.2 Å². The van der Waals surface area contributed by atoms with E-state index in [1.54, 1.807) is 7.11 Å². The standard InChI is InChI=1S/C10H23NOSi/c1-7-10(11)13(12-6,8(2)3)9(4)5/h7-10H,1,11H2,2-6H3. The van der Waals surface area contributed by atoms with Crippen molar-refractivity contribution in [2.45, 2.75) is 44.4 Å². The van der Waals surface area contributed by atoms with Gasteiger partial charge in [0.2, 0.25) is 8.32 Å². The molecule has 0 heterocycles. The van der Waals surface area contributed by atoms with Crippen molar-refractivity contribution in [1.82, 2.24) is 0 Å². The third-order valence-corrected chi connectivity index (χ3v) is 8.53. The SMILES string of the molecule is C=CC(N)[Si](OC)(C(C)C)C(C)C. The Hall–Kier alpha value is -0.123. The Morgan fingerprint density at radius 1 is 1.23 bits per heavy atom. The van der Waals surface area contributed by atoms with Crippen LogP contribution in [-0.4, -0.2) is 21.1 Å². The van der Waals surface area contributed by atoms with Gasteiger partial charge in [-0.2, -0.15) is 0 Å². The summed E-state index contributed by atoms with van der Waals surface area (Å²) in [5.74, 6) is 0. The van der Waals surface area contributed by atoms with Gasteiger partial charge < -0.3 is 10.2 Å². The van der Waals surface area contributed by atoms with E-state index in [1.165, 1.54) is 0 Å². The lowest BCUT2D eigenvalue weighted by molar-refractivity contribution is 0.364. The van der Waals surface area contributed by atoms with Gasteiger partial charge in [-0.3, -0.25) is 0 Å². The number of nitrogens with two attached hydrogens (primary N) is 1. The lowest BCUT2D eigenvalue weighted by Gasteiger charge is -2.40. The molecule has 1 atom stereocenters. The maximum atomic E-state index is 6.08. The summed E-state index contributed by atoms with van der Waals surface area (Å²) in [6.07, 6.45) is 1.83. The lowest BCUT2D eigenvalue weighted by atomic mass is 10.5. The van der Waals surface area contributed by atoms with E-state index in [9.17, 15) is 0 Å². The number of hydrogen-bond acceptors (Lipinski definition) is 2. The molecule has 0 radical (unpaired) electrons. The minimum Gasteiger partial charge on any atom is -0.418 e. The molecule has 78 valence electrons. The van der Waals surface area contributed by atoms with Crippen molar-refractivity contribution in [1.29, 1.82) is 0 Å². The van der Waals surface area contributed by atoms with E-state index in [0.717, 1.165) is 0 Å². The van der Waals surface area contributed by atoms with Gasteiger partial charge in [-0.15, -0.1) is 6.58 Å². The molecule has 0 saturated carbocycles. The van der Waals surface area contributed by atoms with Gasteiger partial charge in [-0.05, 0) is 11.1 Å². The van der Waals surface area contributed by atoms with Gasteiger partial charge in [0.15, 0.2) is 0 Å². The lowest BCUT2D eigenvalue weighted by Crippen LogP contribution is -2.58. The average molecular weight is 201 g/mol. The van der Waals surface area contributed by atoms with Crippen molar-refractivity contribution in [3.63, 3.8) is 0 Å². The molecule has 0 aliphatic heterocycles. The molecule has 0 spiro atoms. The van der Waals surface area contributed by atoms with Gasteiger partial charge in [0.1, 0.15) is 0 Å². The molecule has 2 nitrogen and oxygen atoms in total. The summed E-state index contributed by atoms with van der Waals surface area (Å²) in [7, 11) is -0.0806. The highest BCUT2D eigenvalue weighted by atomic mass is 28.4. The van der Waals surface area contributed by atoms with Crippen LogP contribution in [-0.2, 0) is 4.43 Å². The monoisotopic (exact) mass is 201 g/mol. The van der Waals surface area contributed by atoms with Crippen molar-refractivity contribution in [2.24, 2.45) is 5.73 Å². The van der Waals surface area contributed by atoms with Crippen LogP contribution in [0.25, 0.3) is 0 Å². The van der Waals surface area contributed by atoms with Gasteiger partial charge in [0, 0.05) is 12.8 Å². The van der Waals surface area contributed by atoms with E-state index >= 15 is 0 Å². The van der Waals surface area contributed by atoms with Gasteiger partial charge >= 0.3 is 0 Å². The Balaban J connectivity index is 4.97. The molecule has 13 heavy (non-hydrogen) atoms. The molecule has 2 N–H and O–H groups in total. The maximum Gasteiger partial charge on any atom is 0.217 e. The summed E-state index contributed by atoms with van der Waals surface area (Å²) in [5, 5.41) is 0. The van der Waals surface area contributed by atoms with Crippen molar-refractivity contribution >= 4 is 8.32 Å². The Kier molecular flexibility index (Phi) is 4.89. The first-order valence-electron chi connectivity index (χ1n) is 4.86. The highest BCUT2D eigenvalue weighted by Gasteiger charge is 2.45. The normalized spacial score (nSPS) is 15.1. The van der Waals surface area contributed by atoms with Crippen molar-refractivity contribution < 1.29 is 4.43 Å². The second-order valence-electron chi connectivity index (χ2n) is 4.13. The molecule has 0 saturated heterocycles. The third kappa shape index (κ3) is 2.21. The maximum absolute atomic E-state index is 6.08. The van der Waals surface area contributed by atoms with Gasteiger partial charge in [0.05, 0.1) is 0 Å².